The average molecular weight is 282 g/mol. The van der Waals surface area contributed by atoms with Crippen LogP contribution in [-0.4, -0.2) is 35.1 Å². The number of hydrogen-bond acceptors (Lipinski definition) is 3. The molecule has 0 aliphatic heterocycles. The van der Waals surface area contributed by atoms with Crippen LogP contribution in [0.3, 0.4) is 0 Å². The SMILES string of the molecule is CC1CC(C)(C)CC(CO)(NC(=O)C(=O)NC2CC2)C1. The third-order valence-corrected chi connectivity index (χ3v) is 4.26. The number of rotatable bonds is 3. The van der Waals surface area contributed by atoms with Crippen LogP contribution < -0.4 is 10.6 Å². The van der Waals surface area contributed by atoms with E-state index in [9.17, 15) is 14.7 Å². The molecule has 0 radical (unpaired) electrons. The van der Waals surface area contributed by atoms with Gasteiger partial charge in [-0.3, -0.25) is 9.59 Å². The maximum absolute atomic E-state index is 12.0. The van der Waals surface area contributed by atoms with Crippen molar-refractivity contribution in [3.63, 3.8) is 0 Å². The number of nitrogens with one attached hydrogen (secondary N) is 2. The summed E-state index contributed by atoms with van der Waals surface area (Å²) in [6.45, 7) is 6.29. The van der Waals surface area contributed by atoms with Crippen molar-refractivity contribution in [3.05, 3.63) is 0 Å². The average Bonchev–Trinajstić information content (AvgIpc) is 3.09. The first-order valence-electron chi connectivity index (χ1n) is 7.49. The van der Waals surface area contributed by atoms with Crippen molar-refractivity contribution in [3.8, 4) is 0 Å². The maximum Gasteiger partial charge on any atom is 0.309 e. The Bertz CT molecular complexity index is 404. The predicted octanol–water partition coefficient (Wildman–Crippen LogP) is 0.958. The van der Waals surface area contributed by atoms with Crippen molar-refractivity contribution >= 4 is 11.8 Å². The molecule has 0 heterocycles. The summed E-state index contributed by atoms with van der Waals surface area (Å²) in [5.41, 5.74) is -0.611. The zero-order valence-electron chi connectivity index (χ0n) is 12.7. The second-order valence-electron chi connectivity index (χ2n) is 7.49. The molecule has 2 saturated carbocycles. The van der Waals surface area contributed by atoms with E-state index in [0.29, 0.717) is 12.3 Å². The molecule has 114 valence electrons. The minimum absolute atomic E-state index is 0.0562. The summed E-state index contributed by atoms with van der Waals surface area (Å²) in [7, 11) is 0. The van der Waals surface area contributed by atoms with Crippen LogP contribution in [0.2, 0.25) is 0 Å². The summed E-state index contributed by atoms with van der Waals surface area (Å²) >= 11 is 0. The molecule has 2 aliphatic carbocycles. The van der Waals surface area contributed by atoms with Crippen molar-refractivity contribution in [1.82, 2.24) is 10.6 Å². The molecular weight excluding hydrogens is 256 g/mol. The van der Waals surface area contributed by atoms with Gasteiger partial charge < -0.3 is 15.7 Å². The number of aliphatic hydroxyl groups is 1. The Balaban J connectivity index is 2.02. The Morgan fingerprint density at radius 1 is 1.20 bits per heavy atom. The highest BCUT2D eigenvalue weighted by Gasteiger charge is 2.44. The molecule has 0 aromatic rings. The highest BCUT2D eigenvalue weighted by Crippen LogP contribution is 2.43. The summed E-state index contributed by atoms with van der Waals surface area (Å²) in [6, 6.07) is 0.167. The lowest BCUT2D eigenvalue weighted by Gasteiger charge is -2.47. The Labute approximate surface area is 120 Å². The molecule has 20 heavy (non-hydrogen) atoms. The molecule has 3 N–H and O–H groups in total. The zero-order chi connectivity index (χ0) is 15.0. The molecule has 2 rings (SSSR count). The third-order valence-electron chi connectivity index (χ3n) is 4.26. The number of hydrogen-bond donors (Lipinski definition) is 3. The lowest BCUT2D eigenvalue weighted by molar-refractivity contribution is -0.141. The molecule has 0 spiro atoms. The van der Waals surface area contributed by atoms with Crippen molar-refractivity contribution < 1.29 is 14.7 Å². The van der Waals surface area contributed by atoms with E-state index in [1.54, 1.807) is 0 Å². The van der Waals surface area contributed by atoms with E-state index in [1.165, 1.54) is 0 Å². The number of amides is 2. The van der Waals surface area contributed by atoms with Gasteiger partial charge in [-0.25, -0.2) is 0 Å². The first kappa shape index (κ1) is 15.3. The Morgan fingerprint density at radius 2 is 1.85 bits per heavy atom. The quantitative estimate of drug-likeness (QED) is 0.675. The summed E-state index contributed by atoms with van der Waals surface area (Å²) in [5, 5.41) is 15.3. The van der Waals surface area contributed by atoms with Crippen LogP contribution >= 0.6 is 0 Å². The van der Waals surface area contributed by atoms with Crippen LogP contribution in [0.15, 0.2) is 0 Å². The molecule has 2 atom stereocenters. The van der Waals surface area contributed by atoms with Crippen molar-refractivity contribution in [2.24, 2.45) is 11.3 Å². The van der Waals surface area contributed by atoms with Crippen LogP contribution in [0, 0.1) is 11.3 Å². The van der Waals surface area contributed by atoms with Crippen LogP contribution in [0.4, 0.5) is 0 Å². The van der Waals surface area contributed by atoms with Crippen molar-refractivity contribution in [2.75, 3.05) is 6.61 Å². The van der Waals surface area contributed by atoms with Gasteiger partial charge in [-0.15, -0.1) is 0 Å². The summed E-state index contributed by atoms with van der Waals surface area (Å²) in [6.07, 6.45) is 4.39. The first-order valence-corrected chi connectivity index (χ1v) is 7.49. The summed E-state index contributed by atoms with van der Waals surface area (Å²) < 4.78 is 0. The normalized spacial score (nSPS) is 32.5. The Hall–Kier alpha value is -1.10. The van der Waals surface area contributed by atoms with Crippen LogP contribution in [0.25, 0.3) is 0 Å². The standard InChI is InChI=1S/C15H26N2O3/c1-10-6-14(2,3)8-15(7-10,9-18)17-13(20)12(19)16-11-4-5-11/h10-11,18H,4-9H2,1-3H3,(H,16,19)(H,17,20). The van der Waals surface area contributed by atoms with Gasteiger partial charge in [0.05, 0.1) is 12.1 Å². The largest absolute Gasteiger partial charge is 0.394 e. The monoisotopic (exact) mass is 282 g/mol. The van der Waals surface area contributed by atoms with Gasteiger partial charge in [0.25, 0.3) is 0 Å². The van der Waals surface area contributed by atoms with Crippen LogP contribution in [0.5, 0.6) is 0 Å². The Morgan fingerprint density at radius 3 is 2.35 bits per heavy atom. The summed E-state index contributed by atoms with van der Waals surface area (Å²) in [5.74, 6) is -0.773. The van der Waals surface area contributed by atoms with E-state index in [-0.39, 0.29) is 18.1 Å². The second-order valence-corrected chi connectivity index (χ2v) is 7.49. The minimum Gasteiger partial charge on any atom is -0.394 e. The fraction of sp³-hybridized carbons (Fsp3) is 0.867. The smallest absolute Gasteiger partial charge is 0.309 e. The van der Waals surface area contributed by atoms with E-state index in [0.717, 1.165) is 25.7 Å². The Kier molecular flexibility index (Phi) is 4.09. The molecule has 2 fully saturated rings. The van der Waals surface area contributed by atoms with E-state index in [1.807, 2.05) is 0 Å². The molecule has 0 bridgehead atoms. The van der Waals surface area contributed by atoms with E-state index >= 15 is 0 Å². The molecule has 5 nitrogen and oxygen atoms in total. The fourth-order valence-corrected chi connectivity index (χ4v) is 3.77. The topological polar surface area (TPSA) is 78.4 Å². The van der Waals surface area contributed by atoms with Crippen LogP contribution in [0.1, 0.15) is 52.9 Å². The second kappa shape index (κ2) is 5.35. The van der Waals surface area contributed by atoms with Gasteiger partial charge in [-0.1, -0.05) is 20.8 Å². The molecule has 0 aromatic heterocycles. The van der Waals surface area contributed by atoms with Gasteiger partial charge >= 0.3 is 11.8 Å². The molecule has 2 aliphatic rings. The number of carbonyl (C=O) groups excluding carboxylic acids is 2. The van der Waals surface area contributed by atoms with E-state index in [2.05, 4.69) is 31.4 Å². The highest BCUT2D eigenvalue weighted by atomic mass is 16.3. The first-order chi connectivity index (χ1) is 9.25. The molecule has 0 aromatic carbocycles. The molecule has 0 saturated heterocycles. The van der Waals surface area contributed by atoms with Crippen molar-refractivity contribution in [2.45, 2.75) is 64.5 Å². The molecule has 5 heteroatoms. The molecule has 2 amide bonds. The lowest BCUT2D eigenvalue weighted by atomic mass is 9.64. The maximum atomic E-state index is 12.0. The molecule has 2 unspecified atom stereocenters. The van der Waals surface area contributed by atoms with Gasteiger partial charge in [0.2, 0.25) is 0 Å². The van der Waals surface area contributed by atoms with Crippen molar-refractivity contribution in [1.29, 1.82) is 0 Å². The predicted molar refractivity (Wildman–Crippen MR) is 75.9 cm³/mol. The number of carbonyl (C=O) groups is 2. The minimum atomic E-state index is -0.668. The zero-order valence-corrected chi connectivity index (χ0v) is 12.7. The van der Waals surface area contributed by atoms with Gasteiger partial charge in [-0.05, 0) is 43.4 Å². The van der Waals surface area contributed by atoms with E-state index < -0.39 is 17.4 Å². The lowest BCUT2D eigenvalue weighted by Crippen LogP contribution is -2.59. The highest BCUT2D eigenvalue weighted by molar-refractivity contribution is 6.35. The van der Waals surface area contributed by atoms with Gasteiger partial charge in [0, 0.05) is 6.04 Å². The van der Waals surface area contributed by atoms with Gasteiger partial charge in [0.15, 0.2) is 0 Å². The van der Waals surface area contributed by atoms with Crippen LogP contribution in [-0.2, 0) is 9.59 Å². The number of aliphatic hydroxyl groups excluding tert-OH is 1. The van der Waals surface area contributed by atoms with Gasteiger partial charge in [-0.2, -0.15) is 0 Å². The summed E-state index contributed by atoms with van der Waals surface area (Å²) in [4.78, 5) is 23.8. The van der Waals surface area contributed by atoms with Gasteiger partial charge in [0.1, 0.15) is 0 Å². The van der Waals surface area contributed by atoms with E-state index in [4.69, 9.17) is 0 Å². The molecular formula is C15H26N2O3. The fourth-order valence-electron chi connectivity index (χ4n) is 3.77. The third kappa shape index (κ3) is 3.72.